The van der Waals surface area contributed by atoms with Gasteiger partial charge in [-0.1, -0.05) is 47.6 Å². The molecule has 0 aromatic heterocycles. The van der Waals surface area contributed by atoms with E-state index in [1.54, 1.807) is 36.4 Å². The van der Waals surface area contributed by atoms with E-state index in [4.69, 9.17) is 5.53 Å². The first kappa shape index (κ1) is 15.3. The maximum atomic E-state index is 12.4. The molecule has 0 unspecified atom stereocenters. The van der Waals surface area contributed by atoms with Gasteiger partial charge in [0, 0.05) is 33.1 Å². The predicted octanol–water partition coefficient (Wildman–Crippen LogP) is 5.60. The van der Waals surface area contributed by atoms with Crippen LogP contribution in [-0.4, -0.2) is 5.78 Å². The number of hydrogen-bond acceptors (Lipinski definition) is 3. The number of anilines is 2. The second-order valence-electron chi connectivity index (χ2n) is 5.13. The summed E-state index contributed by atoms with van der Waals surface area (Å²) in [6, 6.07) is 23.6. The Morgan fingerprint density at radius 3 is 1.92 bits per heavy atom. The van der Waals surface area contributed by atoms with Crippen molar-refractivity contribution in [2.24, 2.45) is 5.11 Å². The molecule has 3 aromatic rings. The molecule has 0 aliphatic carbocycles. The highest BCUT2D eigenvalue weighted by Crippen LogP contribution is 2.21. The Kier molecular flexibility index (Phi) is 4.56. The molecule has 5 heteroatoms. The van der Waals surface area contributed by atoms with Crippen LogP contribution < -0.4 is 5.32 Å². The Balaban J connectivity index is 1.72. The lowest BCUT2D eigenvalue weighted by atomic mass is 10.0. The van der Waals surface area contributed by atoms with E-state index in [0.717, 1.165) is 11.4 Å². The number of benzene rings is 3. The number of azide groups is 1. The lowest BCUT2D eigenvalue weighted by Crippen LogP contribution is -2.01. The summed E-state index contributed by atoms with van der Waals surface area (Å²) in [6.45, 7) is 0. The monoisotopic (exact) mass is 314 g/mol. The number of nitrogens with one attached hydrogen (secondary N) is 1. The van der Waals surface area contributed by atoms with Crippen LogP contribution in [0.2, 0.25) is 0 Å². The van der Waals surface area contributed by atoms with Crippen LogP contribution in [-0.2, 0) is 0 Å². The summed E-state index contributed by atoms with van der Waals surface area (Å²) in [6.07, 6.45) is 0. The highest BCUT2D eigenvalue weighted by molar-refractivity contribution is 6.09. The molecule has 0 atom stereocenters. The first-order valence-electron chi connectivity index (χ1n) is 7.38. The van der Waals surface area contributed by atoms with E-state index in [2.05, 4.69) is 15.3 Å². The van der Waals surface area contributed by atoms with Crippen LogP contribution in [0.4, 0.5) is 17.1 Å². The van der Waals surface area contributed by atoms with Crippen LogP contribution in [0.15, 0.2) is 84.0 Å². The van der Waals surface area contributed by atoms with Crippen LogP contribution in [0.3, 0.4) is 0 Å². The predicted molar refractivity (Wildman–Crippen MR) is 94.8 cm³/mol. The lowest BCUT2D eigenvalue weighted by Gasteiger charge is -2.08. The van der Waals surface area contributed by atoms with Gasteiger partial charge in [-0.3, -0.25) is 4.79 Å². The number of hydrogen-bond donors (Lipinski definition) is 1. The largest absolute Gasteiger partial charge is 0.356 e. The molecular formula is C19H14N4O. The molecule has 116 valence electrons. The van der Waals surface area contributed by atoms with Gasteiger partial charge >= 0.3 is 0 Å². The van der Waals surface area contributed by atoms with Gasteiger partial charge in [-0.15, -0.1) is 0 Å². The van der Waals surface area contributed by atoms with Gasteiger partial charge in [0.1, 0.15) is 0 Å². The van der Waals surface area contributed by atoms with E-state index < -0.39 is 0 Å². The van der Waals surface area contributed by atoms with Crippen LogP contribution in [0, 0.1) is 0 Å². The van der Waals surface area contributed by atoms with Gasteiger partial charge in [0.25, 0.3) is 0 Å². The molecule has 0 aliphatic heterocycles. The zero-order valence-electron chi connectivity index (χ0n) is 12.8. The van der Waals surface area contributed by atoms with Crippen LogP contribution in [0.5, 0.6) is 0 Å². The van der Waals surface area contributed by atoms with E-state index >= 15 is 0 Å². The lowest BCUT2D eigenvalue weighted by molar-refractivity contribution is 0.103. The van der Waals surface area contributed by atoms with Gasteiger partial charge in [0.15, 0.2) is 5.78 Å². The number of rotatable bonds is 5. The number of carbonyl (C=O) groups is 1. The average molecular weight is 314 g/mol. The fourth-order valence-electron chi connectivity index (χ4n) is 2.29. The fourth-order valence-corrected chi connectivity index (χ4v) is 2.29. The molecule has 0 amide bonds. The summed E-state index contributed by atoms with van der Waals surface area (Å²) in [4.78, 5) is 15.1. The normalized spacial score (nSPS) is 9.83. The first-order chi connectivity index (χ1) is 11.8. The molecule has 5 nitrogen and oxygen atoms in total. The zero-order chi connectivity index (χ0) is 16.8. The third-order valence-electron chi connectivity index (χ3n) is 3.50. The Morgan fingerprint density at radius 2 is 1.33 bits per heavy atom. The fraction of sp³-hybridized carbons (Fsp3) is 0. The number of carbonyl (C=O) groups excluding carboxylic acids is 1. The number of ketones is 1. The molecule has 0 bridgehead atoms. The molecule has 24 heavy (non-hydrogen) atoms. The van der Waals surface area contributed by atoms with Gasteiger partial charge in [0.2, 0.25) is 0 Å². The summed E-state index contributed by atoms with van der Waals surface area (Å²) in [7, 11) is 0. The SMILES string of the molecule is [N-]=[N+]=Nc1ccc(Nc2ccc(C(=O)c3ccccc3)cc2)cc1. The Morgan fingerprint density at radius 1 is 0.792 bits per heavy atom. The minimum absolute atomic E-state index is 0.000804. The van der Waals surface area contributed by atoms with Crippen molar-refractivity contribution in [1.82, 2.24) is 0 Å². The van der Waals surface area contributed by atoms with Crippen molar-refractivity contribution in [2.75, 3.05) is 5.32 Å². The zero-order valence-corrected chi connectivity index (χ0v) is 12.8. The number of nitrogens with zero attached hydrogens (tertiary/aromatic N) is 3. The van der Waals surface area contributed by atoms with Crippen LogP contribution >= 0.6 is 0 Å². The van der Waals surface area contributed by atoms with Gasteiger partial charge in [-0.05, 0) is 41.9 Å². The molecule has 0 saturated carbocycles. The molecule has 0 fully saturated rings. The Bertz CT molecular complexity index is 881. The van der Waals surface area contributed by atoms with Crippen molar-refractivity contribution in [3.05, 3.63) is 100 Å². The van der Waals surface area contributed by atoms with E-state index in [1.165, 1.54) is 0 Å². The Hall–Kier alpha value is -3.56. The van der Waals surface area contributed by atoms with Gasteiger partial charge < -0.3 is 5.32 Å². The molecule has 0 heterocycles. The standard InChI is InChI=1S/C19H14N4O/c20-23-22-18-12-10-17(11-13-18)21-16-8-6-15(7-9-16)19(24)14-4-2-1-3-5-14/h1-13,21H. The van der Waals surface area contributed by atoms with Crippen LogP contribution in [0.1, 0.15) is 15.9 Å². The van der Waals surface area contributed by atoms with E-state index in [1.807, 2.05) is 42.5 Å². The minimum atomic E-state index is 0.000804. The highest BCUT2D eigenvalue weighted by Gasteiger charge is 2.08. The van der Waals surface area contributed by atoms with Gasteiger partial charge in [-0.2, -0.15) is 0 Å². The molecule has 3 aromatic carbocycles. The van der Waals surface area contributed by atoms with Crippen molar-refractivity contribution < 1.29 is 4.79 Å². The van der Waals surface area contributed by atoms with Crippen molar-refractivity contribution in [3.63, 3.8) is 0 Å². The summed E-state index contributed by atoms with van der Waals surface area (Å²) in [5, 5.41) is 6.76. The third kappa shape index (κ3) is 3.61. The smallest absolute Gasteiger partial charge is 0.193 e. The van der Waals surface area contributed by atoms with Crippen molar-refractivity contribution in [1.29, 1.82) is 0 Å². The Labute approximate surface area is 139 Å². The van der Waals surface area contributed by atoms with Crippen LogP contribution in [0.25, 0.3) is 10.4 Å². The second kappa shape index (κ2) is 7.13. The molecular weight excluding hydrogens is 300 g/mol. The van der Waals surface area contributed by atoms with E-state index in [-0.39, 0.29) is 5.78 Å². The molecule has 0 spiro atoms. The summed E-state index contributed by atoms with van der Waals surface area (Å²) in [5.74, 6) is 0.000804. The summed E-state index contributed by atoms with van der Waals surface area (Å²) in [5.41, 5.74) is 12.0. The maximum Gasteiger partial charge on any atom is 0.193 e. The van der Waals surface area contributed by atoms with Crippen molar-refractivity contribution in [3.8, 4) is 0 Å². The summed E-state index contributed by atoms with van der Waals surface area (Å²) < 4.78 is 0. The molecule has 1 N–H and O–H groups in total. The van der Waals surface area contributed by atoms with Crippen molar-refractivity contribution in [2.45, 2.75) is 0 Å². The van der Waals surface area contributed by atoms with E-state index in [0.29, 0.717) is 16.8 Å². The van der Waals surface area contributed by atoms with Crippen molar-refractivity contribution >= 4 is 22.8 Å². The van der Waals surface area contributed by atoms with Gasteiger partial charge in [-0.25, -0.2) is 0 Å². The third-order valence-corrected chi connectivity index (χ3v) is 3.50. The maximum absolute atomic E-state index is 12.4. The molecule has 0 aliphatic rings. The highest BCUT2D eigenvalue weighted by atomic mass is 16.1. The average Bonchev–Trinajstić information content (AvgIpc) is 2.64. The molecule has 0 saturated heterocycles. The van der Waals surface area contributed by atoms with Gasteiger partial charge in [0.05, 0.1) is 0 Å². The first-order valence-corrected chi connectivity index (χ1v) is 7.38. The van der Waals surface area contributed by atoms with E-state index in [9.17, 15) is 4.79 Å². The molecule has 3 rings (SSSR count). The quantitative estimate of drug-likeness (QED) is 0.288. The summed E-state index contributed by atoms with van der Waals surface area (Å²) >= 11 is 0. The topological polar surface area (TPSA) is 77.9 Å². The second-order valence-corrected chi connectivity index (χ2v) is 5.13. The minimum Gasteiger partial charge on any atom is -0.356 e. The molecule has 0 radical (unpaired) electrons.